The number of hydrogen-bond donors (Lipinski definition) is 1. The molecule has 0 radical (unpaired) electrons. The maximum Gasteiger partial charge on any atom is 0.126 e. The lowest BCUT2D eigenvalue weighted by Gasteiger charge is -2.28. The van der Waals surface area contributed by atoms with E-state index in [0.29, 0.717) is 6.54 Å². The molecule has 1 N–H and O–H groups in total. The van der Waals surface area contributed by atoms with Crippen LogP contribution >= 0.6 is 0 Å². The summed E-state index contributed by atoms with van der Waals surface area (Å²) in [7, 11) is 0. The number of para-hydroxylation sites is 1. The summed E-state index contributed by atoms with van der Waals surface area (Å²) >= 11 is 0. The van der Waals surface area contributed by atoms with E-state index in [1.807, 2.05) is 42.6 Å². The fourth-order valence-corrected chi connectivity index (χ4v) is 2.74. The second-order valence-corrected chi connectivity index (χ2v) is 5.82. The first-order chi connectivity index (χ1) is 12.4. The molecule has 7 nitrogen and oxygen atoms in total. The summed E-state index contributed by atoms with van der Waals surface area (Å²) in [5.41, 5.74) is 2.94. The van der Waals surface area contributed by atoms with Gasteiger partial charge in [0.15, 0.2) is 0 Å². The maximum atomic E-state index is 5.38. The third kappa shape index (κ3) is 3.77. The molecule has 0 spiro atoms. The Kier molecular flexibility index (Phi) is 4.56. The number of ether oxygens (including phenoxy) is 1. The SMILES string of the molecule is c1ccc(-n2ncc(CNc3ccc(N4CCOCC4)cn3)n2)cc1. The summed E-state index contributed by atoms with van der Waals surface area (Å²) in [4.78, 5) is 8.40. The zero-order chi connectivity index (χ0) is 16.9. The van der Waals surface area contributed by atoms with Crippen LogP contribution in [0.25, 0.3) is 5.69 Å². The van der Waals surface area contributed by atoms with Gasteiger partial charge in [-0.15, -0.1) is 0 Å². The second kappa shape index (κ2) is 7.31. The summed E-state index contributed by atoms with van der Waals surface area (Å²) in [6, 6.07) is 13.9. The maximum absolute atomic E-state index is 5.38. The number of hydrogen-bond acceptors (Lipinski definition) is 6. The van der Waals surface area contributed by atoms with Gasteiger partial charge in [0, 0.05) is 13.1 Å². The van der Waals surface area contributed by atoms with Crippen LogP contribution in [0.2, 0.25) is 0 Å². The molecule has 25 heavy (non-hydrogen) atoms. The van der Waals surface area contributed by atoms with Crippen molar-refractivity contribution in [3.8, 4) is 5.69 Å². The van der Waals surface area contributed by atoms with Crippen LogP contribution in [-0.2, 0) is 11.3 Å². The molecule has 7 heteroatoms. The van der Waals surface area contributed by atoms with Gasteiger partial charge in [-0.05, 0) is 24.3 Å². The normalized spacial score (nSPS) is 14.5. The van der Waals surface area contributed by atoms with Crippen LogP contribution in [0.3, 0.4) is 0 Å². The molecule has 1 aliphatic rings. The van der Waals surface area contributed by atoms with Crippen LogP contribution in [0.15, 0.2) is 54.9 Å². The quantitative estimate of drug-likeness (QED) is 0.770. The van der Waals surface area contributed by atoms with Crippen molar-refractivity contribution in [2.75, 3.05) is 36.5 Å². The topological polar surface area (TPSA) is 68.1 Å². The first kappa shape index (κ1) is 15.6. The molecule has 0 unspecified atom stereocenters. The molecular weight excluding hydrogens is 316 g/mol. The lowest BCUT2D eigenvalue weighted by molar-refractivity contribution is 0.122. The standard InChI is InChI=1S/C18H20N6O/c1-2-4-16(5-3-1)24-21-13-15(22-24)12-19-18-7-6-17(14-20-18)23-8-10-25-11-9-23/h1-7,13-14H,8-12H2,(H,19,20). The molecule has 0 saturated carbocycles. The van der Waals surface area contributed by atoms with Gasteiger partial charge < -0.3 is 15.0 Å². The van der Waals surface area contributed by atoms with Crippen LogP contribution in [-0.4, -0.2) is 46.3 Å². The predicted molar refractivity (Wildman–Crippen MR) is 96.0 cm³/mol. The summed E-state index contributed by atoms with van der Waals surface area (Å²) in [5, 5.41) is 12.1. The fourth-order valence-electron chi connectivity index (χ4n) is 2.74. The van der Waals surface area contributed by atoms with Crippen molar-refractivity contribution in [2.45, 2.75) is 6.54 Å². The number of nitrogens with one attached hydrogen (secondary N) is 1. The van der Waals surface area contributed by atoms with E-state index >= 15 is 0 Å². The Hall–Kier alpha value is -2.93. The first-order valence-electron chi connectivity index (χ1n) is 8.38. The van der Waals surface area contributed by atoms with Crippen molar-refractivity contribution in [3.05, 3.63) is 60.6 Å². The van der Waals surface area contributed by atoms with Crippen molar-refractivity contribution >= 4 is 11.5 Å². The van der Waals surface area contributed by atoms with Gasteiger partial charge in [-0.3, -0.25) is 0 Å². The Bertz CT molecular complexity index is 796. The van der Waals surface area contributed by atoms with Crippen molar-refractivity contribution in [1.29, 1.82) is 0 Å². The lowest BCUT2D eigenvalue weighted by Crippen LogP contribution is -2.36. The minimum atomic E-state index is 0.580. The number of benzene rings is 1. The zero-order valence-electron chi connectivity index (χ0n) is 13.9. The van der Waals surface area contributed by atoms with E-state index in [0.717, 1.165) is 49.2 Å². The highest BCUT2D eigenvalue weighted by Crippen LogP contribution is 2.16. The Morgan fingerprint density at radius 2 is 1.80 bits per heavy atom. The van der Waals surface area contributed by atoms with Gasteiger partial charge in [0.25, 0.3) is 0 Å². The Morgan fingerprint density at radius 1 is 0.960 bits per heavy atom. The largest absolute Gasteiger partial charge is 0.378 e. The van der Waals surface area contributed by atoms with Gasteiger partial charge in [-0.2, -0.15) is 15.0 Å². The van der Waals surface area contributed by atoms with E-state index < -0.39 is 0 Å². The number of pyridine rings is 1. The second-order valence-electron chi connectivity index (χ2n) is 5.82. The van der Waals surface area contributed by atoms with Crippen LogP contribution in [0.5, 0.6) is 0 Å². The van der Waals surface area contributed by atoms with Gasteiger partial charge in [0.1, 0.15) is 11.5 Å². The molecule has 0 aliphatic carbocycles. The number of nitrogens with zero attached hydrogens (tertiary/aromatic N) is 5. The molecule has 3 heterocycles. The van der Waals surface area contributed by atoms with Gasteiger partial charge in [0.05, 0.1) is 43.5 Å². The molecular formula is C18H20N6O. The van der Waals surface area contributed by atoms with Crippen LogP contribution in [0, 0.1) is 0 Å². The highest BCUT2D eigenvalue weighted by atomic mass is 16.5. The molecule has 0 atom stereocenters. The summed E-state index contributed by atoms with van der Waals surface area (Å²) in [6.45, 7) is 3.96. The van der Waals surface area contributed by atoms with Gasteiger partial charge in [-0.25, -0.2) is 4.98 Å². The van der Waals surface area contributed by atoms with Crippen molar-refractivity contribution < 1.29 is 4.74 Å². The van der Waals surface area contributed by atoms with E-state index in [1.54, 1.807) is 11.0 Å². The molecule has 1 fully saturated rings. The van der Waals surface area contributed by atoms with E-state index in [2.05, 4.69) is 31.5 Å². The third-order valence-electron chi connectivity index (χ3n) is 4.10. The van der Waals surface area contributed by atoms with Gasteiger partial charge in [0.2, 0.25) is 0 Å². The number of rotatable bonds is 5. The highest BCUT2D eigenvalue weighted by Gasteiger charge is 2.11. The Labute approximate surface area is 146 Å². The van der Waals surface area contributed by atoms with E-state index in [1.165, 1.54) is 0 Å². The number of aromatic nitrogens is 4. The zero-order valence-corrected chi connectivity index (χ0v) is 13.9. The van der Waals surface area contributed by atoms with Crippen molar-refractivity contribution in [2.24, 2.45) is 0 Å². The average molecular weight is 336 g/mol. The van der Waals surface area contributed by atoms with Gasteiger partial charge in [-0.1, -0.05) is 18.2 Å². The lowest BCUT2D eigenvalue weighted by atomic mass is 10.3. The van der Waals surface area contributed by atoms with E-state index in [4.69, 9.17) is 4.74 Å². The van der Waals surface area contributed by atoms with E-state index in [-0.39, 0.29) is 0 Å². The monoisotopic (exact) mass is 336 g/mol. The first-order valence-corrected chi connectivity index (χ1v) is 8.38. The predicted octanol–water partition coefficient (Wildman–Crippen LogP) is 2.11. The van der Waals surface area contributed by atoms with Crippen LogP contribution in [0.4, 0.5) is 11.5 Å². The third-order valence-corrected chi connectivity index (χ3v) is 4.10. The minimum Gasteiger partial charge on any atom is -0.378 e. The van der Waals surface area contributed by atoms with Crippen molar-refractivity contribution in [3.63, 3.8) is 0 Å². The highest BCUT2D eigenvalue weighted by molar-refractivity contribution is 5.49. The number of morpholine rings is 1. The summed E-state index contributed by atoms with van der Waals surface area (Å²) in [5.74, 6) is 0.825. The minimum absolute atomic E-state index is 0.580. The summed E-state index contributed by atoms with van der Waals surface area (Å²) < 4.78 is 5.38. The Balaban J connectivity index is 1.36. The van der Waals surface area contributed by atoms with Crippen molar-refractivity contribution in [1.82, 2.24) is 20.0 Å². The molecule has 1 saturated heterocycles. The fraction of sp³-hybridized carbons (Fsp3) is 0.278. The Morgan fingerprint density at radius 3 is 2.56 bits per heavy atom. The van der Waals surface area contributed by atoms with Crippen LogP contribution < -0.4 is 10.2 Å². The average Bonchev–Trinajstić information content (AvgIpc) is 3.17. The smallest absolute Gasteiger partial charge is 0.126 e. The van der Waals surface area contributed by atoms with Crippen LogP contribution in [0.1, 0.15) is 5.69 Å². The molecule has 3 aromatic rings. The van der Waals surface area contributed by atoms with E-state index in [9.17, 15) is 0 Å². The summed E-state index contributed by atoms with van der Waals surface area (Å²) in [6.07, 6.45) is 3.66. The van der Waals surface area contributed by atoms with Gasteiger partial charge >= 0.3 is 0 Å². The molecule has 4 rings (SSSR count). The number of anilines is 2. The molecule has 0 amide bonds. The molecule has 0 bridgehead atoms. The molecule has 1 aliphatic heterocycles. The molecule has 2 aromatic heterocycles. The molecule has 128 valence electrons. The molecule has 1 aromatic carbocycles.